The zero-order chi connectivity index (χ0) is 13.8. The SMILES string of the molecule is COc1ccc(CNc2cc(F)ccc2Cl)c(O)c1. The summed E-state index contributed by atoms with van der Waals surface area (Å²) >= 11 is 5.94. The number of halogens is 2. The average Bonchev–Trinajstić information content (AvgIpc) is 2.40. The van der Waals surface area contributed by atoms with Crippen molar-refractivity contribution in [2.45, 2.75) is 6.54 Å². The van der Waals surface area contributed by atoms with E-state index in [0.29, 0.717) is 28.6 Å². The third-order valence-electron chi connectivity index (χ3n) is 2.69. The zero-order valence-corrected chi connectivity index (χ0v) is 11.0. The van der Waals surface area contributed by atoms with Crippen LogP contribution in [-0.4, -0.2) is 12.2 Å². The van der Waals surface area contributed by atoms with Gasteiger partial charge in [0.25, 0.3) is 0 Å². The lowest BCUT2D eigenvalue weighted by atomic mass is 10.2. The number of nitrogens with one attached hydrogen (secondary N) is 1. The van der Waals surface area contributed by atoms with Gasteiger partial charge >= 0.3 is 0 Å². The third kappa shape index (κ3) is 3.29. The number of hydrogen-bond acceptors (Lipinski definition) is 3. The van der Waals surface area contributed by atoms with E-state index in [0.717, 1.165) is 0 Å². The van der Waals surface area contributed by atoms with E-state index in [1.54, 1.807) is 12.1 Å². The van der Waals surface area contributed by atoms with E-state index < -0.39 is 0 Å². The molecule has 0 fully saturated rings. The average molecular weight is 282 g/mol. The van der Waals surface area contributed by atoms with Crippen LogP contribution in [0.4, 0.5) is 10.1 Å². The molecule has 0 atom stereocenters. The van der Waals surface area contributed by atoms with E-state index in [1.807, 2.05) is 0 Å². The molecule has 2 N–H and O–H groups in total. The number of rotatable bonds is 4. The molecule has 0 heterocycles. The number of ether oxygens (including phenoxy) is 1. The maximum Gasteiger partial charge on any atom is 0.125 e. The molecule has 0 unspecified atom stereocenters. The number of anilines is 1. The molecule has 0 aromatic heterocycles. The maximum atomic E-state index is 13.1. The van der Waals surface area contributed by atoms with Gasteiger partial charge in [-0.05, 0) is 30.3 Å². The minimum absolute atomic E-state index is 0.111. The van der Waals surface area contributed by atoms with E-state index in [-0.39, 0.29) is 11.6 Å². The molecule has 3 nitrogen and oxygen atoms in total. The third-order valence-corrected chi connectivity index (χ3v) is 3.02. The molecule has 19 heavy (non-hydrogen) atoms. The first kappa shape index (κ1) is 13.5. The fourth-order valence-electron chi connectivity index (χ4n) is 1.64. The van der Waals surface area contributed by atoms with Gasteiger partial charge < -0.3 is 15.2 Å². The van der Waals surface area contributed by atoms with Gasteiger partial charge in [-0.25, -0.2) is 4.39 Å². The Bertz CT molecular complexity index is 590. The van der Waals surface area contributed by atoms with E-state index in [9.17, 15) is 9.50 Å². The summed E-state index contributed by atoms with van der Waals surface area (Å²) in [6.07, 6.45) is 0. The van der Waals surface area contributed by atoms with Crippen LogP contribution in [0, 0.1) is 5.82 Å². The van der Waals surface area contributed by atoms with E-state index in [1.165, 1.54) is 31.4 Å². The van der Waals surface area contributed by atoms with Crippen LogP contribution >= 0.6 is 11.6 Å². The van der Waals surface area contributed by atoms with Crippen molar-refractivity contribution in [3.63, 3.8) is 0 Å². The summed E-state index contributed by atoms with van der Waals surface area (Å²) in [6, 6.07) is 9.07. The van der Waals surface area contributed by atoms with E-state index in [2.05, 4.69) is 5.32 Å². The lowest BCUT2D eigenvalue weighted by Gasteiger charge is -2.10. The van der Waals surface area contributed by atoms with Gasteiger partial charge in [0.05, 0.1) is 17.8 Å². The summed E-state index contributed by atoms with van der Waals surface area (Å²) in [7, 11) is 1.53. The first-order chi connectivity index (χ1) is 9.10. The fraction of sp³-hybridized carbons (Fsp3) is 0.143. The second kappa shape index (κ2) is 5.80. The number of hydrogen-bond donors (Lipinski definition) is 2. The molecule has 0 aliphatic heterocycles. The van der Waals surface area contributed by atoms with Crippen LogP contribution < -0.4 is 10.1 Å². The Balaban J connectivity index is 2.12. The molecule has 0 spiro atoms. The number of benzene rings is 2. The van der Waals surface area contributed by atoms with Gasteiger partial charge in [-0.3, -0.25) is 0 Å². The predicted molar refractivity (Wildman–Crippen MR) is 73.4 cm³/mol. The Morgan fingerprint density at radius 1 is 1.26 bits per heavy atom. The van der Waals surface area contributed by atoms with Crippen LogP contribution in [0.5, 0.6) is 11.5 Å². The highest BCUT2D eigenvalue weighted by Crippen LogP contribution is 2.26. The summed E-state index contributed by atoms with van der Waals surface area (Å²) in [4.78, 5) is 0. The van der Waals surface area contributed by atoms with E-state index in [4.69, 9.17) is 16.3 Å². The molecule has 0 aliphatic carbocycles. The van der Waals surface area contributed by atoms with Gasteiger partial charge in [0.2, 0.25) is 0 Å². The number of phenolic OH excluding ortho intramolecular Hbond substituents is 1. The van der Waals surface area contributed by atoms with Crippen molar-refractivity contribution < 1.29 is 14.2 Å². The van der Waals surface area contributed by atoms with Crippen LogP contribution in [-0.2, 0) is 6.54 Å². The monoisotopic (exact) mass is 281 g/mol. The molecule has 5 heteroatoms. The van der Waals surface area contributed by atoms with Gasteiger partial charge in [-0.2, -0.15) is 0 Å². The summed E-state index contributed by atoms with van der Waals surface area (Å²) < 4.78 is 18.1. The smallest absolute Gasteiger partial charge is 0.125 e. The molecule has 0 amide bonds. The first-order valence-corrected chi connectivity index (χ1v) is 6.03. The summed E-state index contributed by atoms with van der Waals surface area (Å²) in [6.45, 7) is 0.332. The lowest BCUT2D eigenvalue weighted by Crippen LogP contribution is -2.01. The Morgan fingerprint density at radius 2 is 2.05 bits per heavy atom. The molecule has 0 aliphatic rings. The van der Waals surface area contributed by atoms with Gasteiger partial charge in [0.15, 0.2) is 0 Å². The fourth-order valence-corrected chi connectivity index (χ4v) is 1.83. The zero-order valence-electron chi connectivity index (χ0n) is 10.3. The van der Waals surface area contributed by atoms with Gasteiger partial charge in [-0.1, -0.05) is 11.6 Å². The summed E-state index contributed by atoms with van der Waals surface area (Å²) in [5.41, 5.74) is 1.15. The van der Waals surface area contributed by atoms with Crippen molar-refractivity contribution in [2.24, 2.45) is 0 Å². The molecule has 0 saturated heterocycles. The van der Waals surface area contributed by atoms with Crippen LogP contribution in [0.25, 0.3) is 0 Å². The molecule has 2 rings (SSSR count). The molecule has 100 valence electrons. The van der Waals surface area contributed by atoms with E-state index >= 15 is 0 Å². The molecule has 0 bridgehead atoms. The predicted octanol–water partition coefficient (Wildman–Crippen LogP) is 3.81. The quantitative estimate of drug-likeness (QED) is 0.895. The summed E-state index contributed by atoms with van der Waals surface area (Å²) in [5, 5.41) is 13.2. The summed E-state index contributed by atoms with van der Waals surface area (Å²) in [5.74, 6) is 0.315. The Morgan fingerprint density at radius 3 is 2.74 bits per heavy atom. The van der Waals surface area contributed by atoms with Crippen LogP contribution in [0.2, 0.25) is 5.02 Å². The first-order valence-electron chi connectivity index (χ1n) is 5.65. The highest BCUT2D eigenvalue weighted by atomic mass is 35.5. The standard InChI is InChI=1S/C14H13ClFNO2/c1-19-11-4-2-9(14(18)7-11)8-17-13-6-10(16)3-5-12(13)15/h2-7,17-18H,8H2,1H3. The second-order valence-electron chi connectivity index (χ2n) is 3.97. The molecule has 0 radical (unpaired) electrons. The minimum atomic E-state index is -0.370. The van der Waals surface area contributed by atoms with Gasteiger partial charge in [-0.15, -0.1) is 0 Å². The lowest BCUT2D eigenvalue weighted by molar-refractivity contribution is 0.406. The molecule has 2 aromatic carbocycles. The second-order valence-corrected chi connectivity index (χ2v) is 4.38. The number of methoxy groups -OCH3 is 1. The molecule has 0 saturated carbocycles. The van der Waals surface area contributed by atoms with Crippen LogP contribution in [0.3, 0.4) is 0 Å². The maximum absolute atomic E-state index is 13.1. The van der Waals surface area contributed by atoms with Crippen molar-refractivity contribution in [3.05, 3.63) is 52.8 Å². The topological polar surface area (TPSA) is 41.5 Å². The number of phenols is 1. The number of aromatic hydroxyl groups is 1. The normalized spacial score (nSPS) is 10.3. The largest absolute Gasteiger partial charge is 0.507 e. The Hall–Kier alpha value is -1.94. The van der Waals surface area contributed by atoms with Crippen molar-refractivity contribution in [3.8, 4) is 11.5 Å². The highest BCUT2D eigenvalue weighted by molar-refractivity contribution is 6.33. The van der Waals surface area contributed by atoms with Gasteiger partial charge in [0.1, 0.15) is 17.3 Å². The van der Waals surface area contributed by atoms with Crippen molar-refractivity contribution in [1.82, 2.24) is 0 Å². The molecular weight excluding hydrogens is 269 g/mol. The van der Waals surface area contributed by atoms with Crippen molar-refractivity contribution in [1.29, 1.82) is 0 Å². The van der Waals surface area contributed by atoms with Crippen LogP contribution in [0.15, 0.2) is 36.4 Å². The Labute approximate surface area is 115 Å². The minimum Gasteiger partial charge on any atom is -0.507 e. The molecule has 2 aromatic rings. The van der Waals surface area contributed by atoms with Crippen LogP contribution in [0.1, 0.15) is 5.56 Å². The van der Waals surface area contributed by atoms with Crippen molar-refractivity contribution in [2.75, 3.05) is 12.4 Å². The Kier molecular flexibility index (Phi) is 4.12. The molecular formula is C14H13ClFNO2. The highest BCUT2D eigenvalue weighted by Gasteiger charge is 2.05. The van der Waals surface area contributed by atoms with Crippen molar-refractivity contribution >= 4 is 17.3 Å². The van der Waals surface area contributed by atoms with Gasteiger partial charge in [0, 0.05) is 18.2 Å².